The molecule has 0 spiro atoms. The molecular formula is C24H33ClN4O2. The number of aromatic nitrogens is 2. The Morgan fingerprint density at radius 2 is 2.00 bits per heavy atom. The van der Waals surface area contributed by atoms with Crippen molar-refractivity contribution in [3.05, 3.63) is 41.6 Å². The van der Waals surface area contributed by atoms with Gasteiger partial charge in [0.1, 0.15) is 24.3 Å². The summed E-state index contributed by atoms with van der Waals surface area (Å²) in [6.45, 7) is 6.65. The van der Waals surface area contributed by atoms with Crippen LogP contribution in [0.25, 0.3) is 17.0 Å². The molecule has 0 bridgehead atoms. The highest BCUT2D eigenvalue weighted by Crippen LogP contribution is 2.31. The van der Waals surface area contributed by atoms with Gasteiger partial charge < -0.3 is 20.1 Å². The van der Waals surface area contributed by atoms with Crippen molar-refractivity contribution in [1.29, 1.82) is 0 Å². The minimum absolute atomic E-state index is 0.170. The largest absolute Gasteiger partial charge is 0.491 e. The van der Waals surface area contributed by atoms with Gasteiger partial charge in [-0.1, -0.05) is 37.4 Å². The summed E-state index contributed by atoms with van der Waals surface area (Å²) in [7, 11) is 3.90. The van der Waals surface area contributed by atoms with Gasteiger partial charge in [0.25, 0.3) is 0 Å². The molecular weight excluding hydrogens is 412 g/mol. The van der Waals surface area contributed by atoms with E-state index in [0.717, 1.165) is 22.6 Å². The molecule has 1 fully saturated rings. The Balaban J connectivity index is 1.92. The molecule has 0 saturated heterocycles. The number of halogens is 1. The summed E-state index contributed by atoms with van der Waals surface area (Å²) in [6, 6.07) is 7.92. The van der Waals surface area contributed by atoms with Gasteiger partial charge in [-0.05, 0) is 50.6 Å². The average Bonchev–Trinajstić information content (AvgIpc) is 2.77. The molecule has 7 heteroatoms. The molecule has 31 heavy (non-hydrogen) atoms. The highest BCUT2D eigenvalue weighted by molar-refractivity contribution is 6.31. The third-order valence-corrected chi connectivity index (χ3v) is 5.86. The molecule has 1 aromatic heterocycles. The summed E-state index contributed by atoms with van der Waals surface area (Å²) in [6.07, 6.45) is 5.59. The summed E-state index contributed by atoms with van der Waals surface area (Å²) in [5.74, 6) is 2.05. The maximum absolute atomic E-state index is 9.92. The fourth-order valence-corrected chi connectivity index (χ4v) is 4.11. The van der Waals surface area contributed by atoms with Gasteiger partial charge in [-0.2, -0.15) is 0 Å². The van der Waals surface area contributed by atoms with Gasteiger partial charge in [-0.15, -0.1) is 0 Å². The van der Waals surface area contributed by atoms with Gasteiger partial charge in [0, 0.05) is 36.3 Å². The van der Waals surface area contributed by atoms with Gasteiger partial charge in [-0.3, -0.25) is 0 Å². The minimum atomic E-state index is -0.605. The van der Waals surface area contributed by atoms with Gasteiger partial charge in [0.15, 0.2) is 5.82 Å². The highest BCUT2D eigenvalue weighted by Gasteiger charge is 2.21. The standard InChI is InChI=1S/C24H33ClN4O2/c1-16(2)22-13-23(29(4)19-8-6-5-7-9-19)28-24(27-22)17-10-18(25)12-21(11-17)31-15-20(30)14-26-3/h10-13,19-20,26,30H,1,5-9,14-15H2,2-4H3. The average molecular weight is 445 g/mol. The maximum atomic E-state index is 9.92. The van der Waals surface area contributed by atoms with E-state index in [2.05, 4.69) is 23.8 Å². The van der Waals surface area contributed by atoms with Crippen LogP contribution in [0.5, 0.6) is 5.75 Å². The van der Waals surface area contributed by atoms with E-state index in [4.69, 9.17) is 26.3 Å². The fourth-order valence-electron chi connectivity index (χ4n) is 3.88. The van der Waals surface area contributed by atoms with Crippen molar-refractivity contribution in [2.45, 2.75) is 51.2 Å². The van der Waals surface area contributed by atoms with Crippen LogP contribution in [0, 0.1) is 0 Å². The zero-order valence-corrected chi connectivity index (χ0v) is 19.5. The topological polar surface area (TPSA) is 70.5 Å². The van der Waals surface area contributed by atoms with Crippen molar-refractivity contribution in [3.63, 3.8) is 0 Å². The molecule has 6 nitrogen and oxygen atoms in total. The Morgan fingerprint density at radius 1 is 1.26 bits per heavy atom. The van der Waals surface area contributed by atoms with Crippen LogP contribution in [0.4, 0.5) is 5.82 Å². The van der Waals surface area contributed by atoms with E-state index in [1.165, 1.54) is 32.1 Å². The minimum Gasteiger partial charge on any atom is -0.491 e. The van der Waals surface area contributed by atoms with Crippen molar-refractivity contribution in [1.82, 2.24) is 15.3 Å². The molecule has 1 aromatic carbocycles. The number of nitrogens with zero attached hydrogens (tertiary/aromatic N) is 3. The monoisotopic (exact) mass is 444 g/mol. The molecule has 1 saturated carbocycles. The first-order chi connectivity index (χ1) is 14.9. The van der Waals surface area contributed by atoms with Crippen molar-refractivity contribution in [2.75, 3.05) is 32.1 Å². The lowest BCUT2D eigenvalue weighted by atomic mass is 9.94. The van der Waals surface area contributed by atoms with Crippen LogP contribution >= 0.6 is 11.6 Å². The Hall–Kier alpha value is -2.15. The number of nitrogens with one attached hydrogen (secondary N) is 1. The number of likely N-dealkylation sites (N-methyl/N-ethyl adjacent to an activating group) is 1. The summed E-state index contributed by atoms with van der Waals surface area (Å²) >= 11 is 6.36. The van der Waals surface area contributed by atoms with Gasteiger partial charge in [-0.25, -0.2) is 9.97 Å². The van der Waals surface area contributed by atoms with Crippen LogP contribution in [0.15, 0.2) is 30.8 Å². The second-order valence-electron chi connectivity index (χ2n) is 8.32. The first kappa shape index (κ1) is 23.5. The zero-order valence-electron chi connectivity index (χ0n) is 18.7. The molecule has 0 amide bonds. The summed E-state index contributed by atoms with van der Waals surface area (Å²) < 4.78 is 5.76. The molecule has 2 N–H and O–H groups in total. The highest BCUT2D eigenvalue weighted by atomic mass is 35.5. The fraction of sp³-hybridized carbons (Fsp3) is 0.500. The molecule has 0 aliphatic heterocycles. The molecule has 0 radical (unpaired) electrons. The SMILES string of the molecule is C=C(C)c1cc(N(C)C2CCCCC2)nc(-c2cc(Cl)cc(OCC(O)CNC)c2)n1. The number of aliphatic hydroxyl groups is 1. The number of benzene rings is 1. The van der Waals surface area contributed by atoms with Crippen LogP contribution in [-0.4, -0.2) is 54.5 Å². The Labute approximate surface area is 190 Å². The van der Waals surface area contributed by atoms with Crippen LogP contribution < -0.4 is 15.0 Å². The second-order valence-corrected chi connectivity index (χ2v) is 8.75. The predicted octanol–water partition coefficient (Wildman–Crippen LogP) is 4.56. The number of rotatable bonds is 9. The van der Waals surface area contributed by atoms with Crippen LogP contribution in [0.1, 0.15) is 44.7 Å². The Bertz CT molecular complexity index is 899. The normalized spacial score (nSPS) is 15.5. The quantitative estimate of drug-likeness (QED) is 0.590. The Morgan fingerprint density at radius 3 is 2.68 bits per heavy atom. The lowest BCUT2D eigenvalue weighted by molar-refractivity contribution is 0.108. The van der Waals surface area contributed by atoms with E-state index in [9.17, 15) is 5.11 Å². The number of aliphatic hydroxyl groups excluding tert-OH is 1. The number of hydrogen-bond acceptors (Lipinski definition) is 6. The van der Waals surface area contributed by atoms with E-state index in [1.807, 2.05) is 25.1 Å². The Kier molecular flexibility index (Phi) is 8.29. The smallest absolute Gasteiger partial charge is 0.162 e. The van der Waals surface area contributed by atoms with Crippen LogP contribution in [0.3, 0.4) is 0 Å². The number of ether oxygens (including phenoxy) is 1. The van der Waals surface area contributed by atoms with Crippen molar-refractivity contribution >= 4 is 23.0 Å². The van der Waals surface area contributed by atoms with Gasteiger partial charge in [0.05, 0.1) is 5.69 Å². The van der Waals surface area contributed by atoms with Crippen LogP contribution in [0.2, 0.25) is 5.02 Å². The lowest BCUT2D eigenvalue weighted by Crippen LogP contribution is -2.34. The van der Waals surface area contributed by atoms with Gasteiger partial charge in [0.2, 0.25) is 0 Å². The second kappa shape index (κ2) is 10.9. The molecule has 168 valence electrons. The molecule has 3 rings (SSSR count). The lowest BCUT2D eigenvalue weighted by Gasteiger charge is -2.32. The van der Waals surface area contributed by atoms with Gasteiger partial charge >= 0.3 is 0 Å². The van der Waals surface area contributed by atoms with Crippen LogP contribution in [-0.2, 0) is 0 Å². The van der Waals surface area contributed by atoms with E-state index in [-0.39, 0.29) is 6.61 Å². The number of hydrogen-bond donors (Lipinski definition) is 2. The zero-order chi connectivity index (χ0) is 22.4. The molecule has 1 atom stereocenters. The summed E-state index contributed by atoms with van der Waals surface area (Å²) in [5.41, 5.74) is 2.47. The summed E-state index contributed by atoms with van der Waals surface area (Å²) in [5, 5.41) is 13.4. The predicted molar refractivity (Wildman–Crippen MR) is 128 cm³/mol. The molecule has 1 heterocycles. The molecule has 2 aromatic rings. The molecule has 1 aliphatic carbocycles. The van der Waals surface area contributed by atoms with E-state index < -0.39 is 6.10 Å². The maximum Gasteiger partial charge on any atom is 0.162 e. The number of allylic oxidation sites excluding steroid dienone is 1. The third kappa shape index (κ3) is 6.42. The van der Waals surface area contributed by atoms with E-state index >= 15 is 0 Å². The summed E-state index contributed by atoms with van der Waals surface area (Å²) in [4.78, 5) is 11.9. The van der Waals surface area contributed by atoms with E-state index in [0.29, 0.717) is 29.2 Å². The first-order valence-electron chi connectivity index (χ1n) is 10.9. The van der Waals surface area contributed by atoms with Crippen molar-refractivity contribution in [2.24, 2.45) is 0 Å². The number of anilines is 1. The molecule has 1 unspecified atom stereocenters. The third-order valence-electron chi connectivity index (χ3n) is 5.65. The molecule has 1 aliphatic rings. The van der Waals surface area contributed by atoms with E-state index in [1.54, 1.807) is 13.1 Å². The van der Waals surface area contributed by atoms with Crippen molar-refractivity contribution < 1.29 is 9.84 Å². The first-order valence-corrected chi connectivity index (χ1v) is 11.3. The van der Waals surface area contributed by atoms with Crippen molar-refractivity contribution in [3.8, 4) is 17.1 Å².